The molecule has 0 aliphatic rings. The van der Waals surface area contributed by atoms with Gasteiger partial charge in [0.25, 0.3) is 0 Å². The Labute approximate surface area is 94.5 Å². The quantitative estimate of drug-likeness (QED) is 0.806. The van der Waals surface area contributed by atoms with E-state index in [0.717, 1.165) is 24.5 Å². The van der Waals surface area contributed by atoms with Crippen LogP contribution in [0.2, 0.25) is 0 Å². The summed E-state index contributed by atoms with van der Waals surface area (Å²) in [5, 5.41) is 11.3. The summed E-state index contributed by atoms with van der Waals surface area (Å²) in [6, 6.07) is 5.85. The minimum absolute atomic E-state index is 0.667. The number of hydrogen-bond acceptors (Lipinski definition) is 4. The van der Waals surface area contributed by atoms with Gasteiger partial charge in [-0.2, -0.15) is 0 Å². The Bertz CT molecular complexity index is 423. The first-order valence-electron chi connectivity index (χ1n) is 5.38. The second-order valence-electron chi connectivity index (χ2n) is 3.51. The highest BCUT2D eigenvalue weighted by Crippen LogP contribution is 1.98. The molecule has 0 radical (unpaired) electrons. The molecule has 0 spiro atoms. The van der Waals surface area contributed by atoms with Crippen molar-refractivity contribution in [2.75, 3.05) is 6.54 Å². The summed E-state index contributed by atoms with van der Waals surface area (Å²) in [5.41, 5.74) is 1.94. The number of nitrogens with zero attached hydrogens (tertiary/aromatic N) is 4. The van der Waals surface area contributed by atoms with Gasteiger partial charge >= 0.3 is 0 Å². The first kappa shape index (κ1) is 10.8. The predicted molar refractivity (Wildman–Crippen MR) is 60.7 cm³/mol. The third kappa shape index (κ3) is 2.87. The Morgan fingerprint density at radius 1 is 1.31 bits per heavy atom. The van der Waals surface area contributed by atoms with Crippen LogP contribution in [-0.4, -0.2) is 26.5 Å². The number of pyridine rings is 1. The van der Waals surface area contributed by atoms with Crippen molar-refractivity contribution in [1.82, 2.24) is 25.3 Å². The summed E-state index contributed by atoms with van der Waals surface area (Å²) in [6.45, 7) is 4.43. The van der Waals surface area contributed by atoms with Gasteiger partial charge in [-0.25, -0.2) is 4.68 Å². The van der Waals surface area contributed by atoms with E-state index in [0.29, 0.717) is 6.54 Å². The van der Waals surface area contributed by atoms with Gasteiger partial charge in [0, 0.05) is 12.7 Å². The summed E-state index contributed by atoms with van der Waals surface area (Å²) in [6.07, 6.45) is 3.73. The molecule has 5 nitrogen and oxygen atoms in total. The summed E-state index contributed by atoms with van der Waals surface area (Å²) < 4.78 is 1.80. The predicted octanol–water partition coefficient (Wildman–Crippen LogP) is 0.831. The molecular formula is C11H15N5. The summed E-state index contributed by atoms with van der Waals surface area (Å²) in [7, 11) is 0. The summed E-state index contributed by atoms with van der Waals surface area (Å²) in [5.74, 6) is 0. The maximum atomic E-state index is 4.24. The molecule has 2 rings (SSSR count). The van der Waals surface area contributed by atoms with E-state index >= 15 is 0 Å². The van der Waals surface area contributed by atoms with Gasteiger partial charge in [-0.15, -0.1) is 5.10 Å². The molecule has 2 heterocycles. The SMILES string of the molecule is CCNCc1cn(Cc2ccccn2)nn1. The monoisotopic (exact) mass is 217 g/mol. The van der Waals surface area contributed by atoms with E-state index in [2.05, 4.69) is 27.5 Å². The number of nitrogens with one attached hydrogen (secondary N) is 1. The fourth-order valence-corrected chi connectivity index (χ4v) is 1.41. The molecule has 2 aromatic rings. The highest BCUT2D eigenvalue weighted by molar-refractivity contribution is 5.04. The highest BCUT2D eigenvalue weighted by atomic mass is 15.4. The highest BCUT2D eigenvalue weighted by Gasteiger charge is 2.00. The van der Waals surface area contributed by atoms with Gasteiger partial charge in [-0.3, -0.25) is 4.98 Å². The molecule has 0 fully saturated rings. The van der Waals surface area contributed by atoms with Crippen molar-refractivity contribution in [2.24, 2.45) is 0 Å². The third-order valence-electron chi connectivity index (χ3n) is 2.19. The molecule has 0 aliphatic heterocycles. The first-order valence-corrected chi connectivity index (χ1v) is 5.38. The molecule has 1 N–H and O–H groups in total. The maximum absolute atomic E-state index is 4.24. The number of hydrogen-bond donors (Lipinski definition) is 1. The molecular weight excluding hydrogens is 202 g/mol. The van der Waals surface area contributed by atoms with Gasteiger partial charge in [-0.1, -0.05) is 18.2 Å². The van der Waals surface area contributed by atoms with Gasteiger partial charge in [-0.05, 0) is 18.7 Å². The number of aromatic nitrogens is 4. The van der Waals surface area contributed by atoms with E-state index in [9.17, 15) is 0 Å². The second kappa shape index (κ2) is 5.37. The molecule has 0 aliphatic carbocycles. The van der Waals surface area contributed by atoms with E-state index in [1.165, 1.54) is 0 Å². The van der Waals surface area contributed by atoms with Gasteiger partial charge in [0.1, 0.15) is 0 Å². The van der Waals surface area contributed by atoms with E-state index in [-0.39, 0.29) is 0 Å². The Balaban J connectivity index is 1.97. The van der Waals surface area contributed by atoms with E-state index in [1.54, 1.807) is 10.9 Å². The molecule has 16 heavy (non-hydrogen) atoms. The lowest BCUT2D eigenvalue weighted by Crippen LogP contribution is -2.11. The molecule has 0 unspecified atom stereocenters. The minimum atomic E-state index is 0.667. The van der Waals surface area contributed by atoms with Crippen LogP contribution in [0.15, 0.2) is 30.6 Å². The topological polar surface area (TPSA) is 55.6 Å². The van der Waals surface area contributed by atoms with Crippen LogP contribution in [0.25, 0.3) is 0 Å². The lowest BCUT2D eigenvalue weighted by Gasteiger charge is -1.98. The third-order valence-corrected chi connectivity index (χ3v) is 2.19. The molecule has 0 atom stereocenters. The van der Waals surface area contributed by atoms with Crippen molar-refractivity contribution in [3.05, 3.63) is 42.0 Å². The van der Waals surface area contributed by atoms with Crippen LogP contribution < -0.4 is 5.32 Å². The zero-order chi connectivity index (χ0) is 11.2. The molecule has 84 valence electrons. The van der Waals surface area contributed by atoms with Gasteiger partial charge < -0.3 is 5.32 Å². The van der Waals surface area contributed by atoms with Crippen LogP contribution in [0.5, 0.6) is 0 Å². The number of rotatable bonds is 5. The van der Waals surface area contributed by atoms with Gasteiger partial charge in [0.15, 0.2) is 0 Å². The average molecular weight is 217 g/mol. The van der Waals surface area contributed by atoms with Crippen LogP contribution in [0.3, 0.4) is 0 Å². The van der Waals surface area contributed by atoms with Crippen LogP contribution >= 0.6 is 0 Å². The van der Waals surface area contributed by atoms with Crippen LogP contribution in [-0.2, 0) is 13.1 Å². The Kier molecular flexibility index (Phi) is 3.61. The molecule has 0 aromatic carbocycles. The Hall–Kier alpha value is -1.75. The largest absolute Gasteiger partial charge is 0.311 e. The van der Waals surface area contributed by atoms with Crippen LogP contribution in [0, 0.1) is 0 Å². The van der Waals surface area contributed by atoms with Crippen molar-refractivity contribution in [2.45, 2.75) is 20.0 Å². The van der Waals surface area contributed by atoms with Crippen LogP contribution in [0.4, 0.5) is 0 Å². The smallest absolute Gasteiger partial charge is 0.0964 e. The van der Waals surface area contributed by atoms with Crippen molar-refractivity contribution in [1.29, 1.82) is 0 Å². The van der Waals surface area contributed by atoms with Crippen molar-refractivity contribution >= 4 is 0 Å². The molecule has 5 heteroatoms. The van der Waals surface area contributed by atoms with Gasteiger partial charge in [0.2, 0.25) is 0 Å². The molecule has 0 bridgehead atoms. The minimum Gasteiger partial charge on any atom is -0.311 e. The van der Waals surface area contributed by atoms with Crippen molar-refractivity contribution < 1.29 is 0 Å². The van der Waals surface area contributed by atoms with Crippen molar-refractivity contribution in [3.63, 3.8) is 0 Å². The second-order valence-corrected chi connectivity index (χ2v) is 3.51. The van der Waals surface area contributed by atoms with E-state index in [4.69, 9.17) is 0 Å². The maximum Gasteiger partial charge on any atom is 0.0964 e. The lowest BCUT2D eigenvalue weighted by molar-refractivity contribution is 0.637. The average Bonchev–Trinajstić information content (AvgIpc) is 2.75. The Morgan fingerprint density at radius 3 is 3.00 bits per heavy atom. The van der Waals surface area contributed by atoms with E-state index in [1.807, 2.05) is 24.4 Å². The van der Waals surface area contributed by atoms with Crippen molar-refractivity contribution in [3.8, 4) is 0 Å². The van der Waals surface area contributed by atoms with Gasteiger partial charge in [0.05, 0.1) is 24.1 Å². The normalized spacial score (nSPS) is 10.6. The lowest BCUT2D eigenvalue weighted by atomic mass is 10.3. The molecule has 0 saturated heterocycles. The fourth-order valence-electron chi connectivity index (χ4n) is 1.41. The molecule has 0 saturated carbocycles. The van der Waals surface area contributed by atoms with Crippen LogP contribution in [0.1, 0.15) is 18.3 Å². The Morgan fingerprint density at radius 2 is 2.25 bits per heavy atom. The molecule has 2 aromatic heterocycles. The first-order chi connectivity index (χ1) is 7.88. The summed E-state index contributed by atoms with van der Waals surface area (Å²) in [4.78, 5) is 4.24. The van der Waals surface area contributed by atoms with E-state index < -0.39 is 0 Å². The zero-order valence-corrected chi connectivity index (χ0v) is 9.30. The fraction of sp³-hybridized carbons (Fsp3) is 0.364. The zero-order valence-electron chi connectivity index (χ0n) is 9.30. The standard InChI is InChI=1S/C11H15N5/c1-2-12-7-11-9-16(15-14-11)8-10-5-3-4-6-13-10/h3-6,9,12H,2,7-8H2,1H3. The summed E-state index contributed by atoms with van der Waals surface area (Å²) >= 11 is 0. The molecule has 0 amide bonds.